The van der Waals surface area contributed by atoms with E-state index in [-0.39, 0.29) is 0 Å². The monoisotopic (exact) mass is 291 g/mol. The van der Waals surface area contributed by atoms with Gasteiger partial charge in [-0.1, -0.05) is 33.1 Å². The highest BCUT2D eigenvalue weighted by atomic mass is 15.3. The van der Waals surface area contributed by atoms with Gasteiger partial charge in [0.15, 0.2) is 0 Å². The molecule has 1 fully saturated rings. The maximum Gasteiger partial charge on any atom is 0.0597 e. The average molecular weight is 291 g/mol. The van der Waals surface area contributed by atoms with Gasteiger partial charge in [-0.25, -0.2) is 0 Å². The Labute approximate surface area is 130 Å². The van der Waals surface area contributed by atoms with Crippen LogP contribution in [0.15, 0.2) is 6.07 Å². The van der Waals surface area contributed by atoms with E-state index in [0.717, 1.165) is 30.6 Å². The highest BCUT2D eigenvalue weighted by Gasteiger charge is 2.30. The Morgan fingerprint density at radius 2 is 2.14 bits per heavy atom. The van der Waals surface area contributed by atoms with Gasteiger partial charge in [0.25, 0.3) is 0 Å². The molecule has 1 N–H and O–H groups in total. The molecule has 0 spiro atoms. The highest BCUT2D eigenvalue weighted by Crippen LogP contribution is 2.38. The van der Waals surface area contributed by atoms with Gasteiger partial charge in [0.2, 0.25) is 0 Å². The van der Waals surface area contributed by atoms with Crippen LogP contribution in [0.1, 0.15) is 76.7 Å². The molecule has 1 heterocycles. The van der Waals surface area contributed by atoms with Crippen molar-refractivity contribution in [1.82, 2.24) is 15.1 Å². The average Bonchev–Trinajstić information content (AvgIpc) is 2.89. The van der Waals surface area contributed by atoms with E-state index in [4.69, 9.17) is 0 Å². The summed E-state index contributed by atoms with van der Waals surface area (Å²) in [6.07, 6.45) is 8.10. The van der Waals surface area contributed by atoms with E-state index < -0.39 is 0 Å². The molecule has 1 aromatic heterocycles. The standard InChI is InChI=1S/C18H33N3/c1-5-11-19-18(16-10-8-9-15(6-2)13-16)17-12-14(4)20-21(17)7-3/h12,15-16,18-19H,5-11,13H2,1-4H3. The Kier molecular flexibility index (Phi) is 6.28. The van der Waals surface area contributed by atoms with Gasteiger partial charge in [0.1, 0.15) is 0 Å². The van der Waals surface area contributed by atoms with Crippen LogP contribution in [-0.2, 0) is 6.54 Å². The summed E-state index contributed by atoms with van der Waals surface area (Å²) in [5.74, 6) is 1.70. The summed E-state index contributed by atoms with van der Waals surface area (Å²) in [5, 5.41) is 8.50. The molecule has 0 aromatic carbocycles. The third-order valence-corrected chi connectivity index (χ3v) is 5.04. The minimum Gasteiger partial charge on any atom is -0.308 e. The Balaban J connectivity index is 2.20. The molecule has 1 aliphatic rings. The van der Waals surface area contributed by atoms with E-state index in [1.165, 1.54) is 44.2 Å². The first-order chi connectivity index (χ1) is 10.2. The Morgan fingerprint density at radius 3 is 2.81 bits per heavy atom. The van der Waals surface area contributed by atoms with Crippen LogP contribution in [-0.4, -0.2) is 16.3 Å². The largest absolute Gasteiger partial charge is 0.308 e. The van der Waals surface area contributed by atoms with Crippen LogP contribution in [0.25, 0.3) is 0 Å². The lowest BCUT2D eigenvalue weighted by molar-refractivity contribution is 0.203. The van der Waals surface area contributed by atoms with E-state index in [1.807, 2.05) is 0 Å². The number of rotatable bonds is 7. The fraction of sp³-hybridized carbons (Fsp3) is 0.833. The molecular weight excluding hydrogens is 258 g/mol. The fourth-order valence-electron chi connectivity index (χ4n) is 3.89. The van der Waals surface area contributed by atoms with Crippen LogP contribution < -0.4 is 5.32 Å². The minimum atomic E-state index is 0.487. The maximum absolute atomic E-state index is 4.67. The quantitative estimate of drug-likeness (QED) is 0.803. The molecule has 3 atom stereocenters. The summed E-state index contributed by atoms with van der Waals surface area (Å²) in [6, 6.07) is 2.78. The maximum atomic E-state index is 4.67. The summed E-state index contributed by atoms with van der Waals surface area (Å²) >= 11 is 0. The van der Waals surface area contributed by atoms with E-state index >= 15 is 0 Å². The van der Waals surface area contributed by atoms with E-state index in [9.17, 15) is 0 Å². The second-order valence-corrected chi connectivity index (χ2v) is 6.66. The lowest BCUT2D eigenvalue weighted by atomic mass is 9.76. The topological polar surface area (TPSA) is 29.9 Å². The van der Waals surface area contributed by atoms with E-state index in [1.54, 1.807) is 0 Å². The molecule has 1 saturated carbocycles. The van der Waals surface area contributed by atoms with Gasteiger partial charge >= 0.3 is 0 Å². The van der Waals surface area contributed by atoms with Gasteiger partial charge in [0.05, 0.1) is 17.4 Å². The van der Waals surface area contributed by atoms with Crippen LogP contribution in [0, 0.1) is 18.8 Å². The molecule has 2 rings (SSSR count). The first-order valence-electron chi connectivity index (χ1n) is 8.97. The molecule has 1 aromatic rings. The third kappa shape index (κ3) is 4.09. The van der Waals surface area contributed by atoms with Crippen LogP contribution in [0.2, 0.25) is 0 Å². The molecule has 21 heavy (non-hydrogen) atoms. The van der Waals surface area contributed by atoms with Crippen molar-refractivity contribution >= 4 is 0 Å². The Morgan fingerprint density at radius 1 is 1.33 bits per heavy atom. The molecule has 0 saturated heterocycles. The van der Waals surface area contributed by atoms with Gasteiger partial charge in [-0.2, -0.15) is 5.10 Å². The molecule has 0 amide bonds. The van der Waals surface area contributed by atoms with Crippen molar-refractivity contribution in [1.29, 1.82) is 0 Å². The molecule has 1 aliphatic carbocycles. The predicted molar refractivity (Wildman–Crippen MR) is 89.4 cm³/mol. The molecule has 3 unspecified atom stereocenters. The summed E-state index contributed by atoms with van der Waals surface area (Å²) in [4.78, 5) is 0. The number of aryl methyl sites for hydroxylation is 2. The first kappa shape index (κ1) is 16.5. The van der Waals surface area contributed by atoms with Crippen LogP contribution in [0.5, 0.6) is 0 Å². The van der Waals surface area contributed by atoms with Gasteiger partial charge in [-0.3, -0.25) is 4.68 Å². The van der Waals surface area contributed by atoms with Gasteiger partial charge in [0, 0.05) is 6.54 Å². The summed E-state index contributed by atoms with van der Waals surface area (Å²) in [7, 11) is 0. The van der Waals surface area contributed by atoms with E-state index in [2.05, 4.69) is 48.9 Å². The molecular formula is C18H33N3. The SMILES string of the molecule is CCCNC(c1cc(C)nn1CC)C1CCCC(CC)C1. The second kappa shape index (κ2) is 7.98. The minimum absolute atomic E-state index is 0.487. The number of aromatic nitrogens is 2. The smallest absolute Gasteiger partial charge is 0.0597 e. The summed E-state index contributed by atoms with van der Waals surface area (Å²) < 4.78 is 2.21. The molecule has 120 valence electrons. The van der Waals surface area contributed by atoms with Crippen molar-refractivity contribution in [3.63, 3.8) is 0 Å². The van der Waals surface area contributed by atoms with Gasteiger partial charge < -0.3 is 5.32 Å². The number of hydrogen-bond donors (Lipinski definition) is 1. The molecule has 0 bridgehead atoms. The van der Waals surface area contributed by atoms with Crippen molar-refractivity contribution in [3.05, 3.63) is 17.5 Å². The predicted octanol–water partition coefficient (Wildman–Crippen LogP) is 4.47. The van der Waals surface area contributed by atoms with Crippen molar-refractivity contribution in [2.75, 3.05) is 6.54 Å². The van der Waals surface area contributed by atoms with Crippen molar-refractivity contribution in [2.24, 2.45) is 11.8 Å². The van der Waals surface area contributed by atoms with Gasteiger partial charge in [-0.15, -0.1) is 0 Å². The van der Waals surface area contributed by atoms with Crippen molar-refractivity contribution in [3.8, 4) is 0 Å². The zero-order valence-corrected chi connectivity index (χ0v) is 14.4. The lowest BCUT2D eigenvalue weighted by Crippen LogP contribution is -2.33. The number of nitrogens with one attached hydrogen (secondary N) is 1. The van der Waals surface area contributed by atoms with Crippen LogP contribution in [0.3, 0.4) is 0 Å². The Bertz CT molecular complexity index is 424. The zero-order chi connectivity index (χ0) is 15.2. The number of hydrogen-bond acceptors (Lipinski definition) is 2. The highest BCUT2D eigenvalue weighted by molar-refractivity contribution is 5.15. The number of nitrogens with zero attached hydrogens (tertiary/aromatic N) is 2. The van der Waals surface area contributed by atoms with Crippen molar-refractivity contribution in [2.45, 2.75) is 78.8 Å². The first-order valence-corrected chi connectivity index (χ1v) is 8.97. The molecule has 3 nitrogen and oxygen atoms in total. The van der Waals surface area contributed by atoms with Gasteiger partial charge in [-0.05, 0) is 57.6 Å². The molecule has 3 heteroatoms. The molecule has 0 aliphatic heterocycles. The fourth-order valence-corrected chi connectivity index (χ4v) is 3.89. The zero-order valence-electron chi connectivity index (χ0n) is 14.4. The Hall–Kier alpha value is -0.830. The van der Waals surface area contributed by atoms with E-state index in [0.29, 0.717) is 6.04 Å². The lowest BCUT2D eigenvalue weighted by Gasteiger charge is -2.35. The van der Waals surface area contributed by atoms with Crippen LogP contribution >= 0.6 is 0 Å². The third-order valence-electron chi connectivity index (χ3n) is 5.04. The summed E-state index contributed by atoms with van der Waals surface area (Å²) in [5.41, 5.74) is 2.56. The second-order valence-electron chi connectivity index (χ2n) is 6.66. The van der Waals surface area contributed by atoms with Crippen LogP contribution in [0.4, 0.5) is 0 Å². The summed E-state index contributed by atoms with van der Waals surface area (Å²) in [6.45, 7) is 11.0. The van der Waals surface area contributed by atoms with Crippen molar-refractivity contribution < 1.29 is 0 Å². The molecule has 0 radical (unpaired) electrons. The normalized spacial score (nSPS) is 24.2.